The summed E-state index contributed by atoms with van der Waals surface area (Å²) in [6.07, 6.45) is 1.34. The van der Waals surface area contributed by atoms with E-state index in [2.05, 4.69) is 31.2 Å². The number of nitrogen functional groups attached to an aromatic ring is 2. The molecule has 0 unspecified atom stereocenters. The van der Waals surface area contributed by atoms with Crippen LogP contribution in [0.5, 0.6) is 0 Å². The van der Waals surface area contributed by atoms with Crippen molar-refractivity contribution in [3.05, 3.63) is 35.0 Å². The predicted molar refractivity (Wildman–Crippen MR) is 96.4 cm³/mol. The maximum absolute atomic E-state index is 11.2. The molecule has 1 aromatic heterocycles. The number of aryl methyl sites for hydroxylation is 1. The van der Waals surface area contributed by atoms with E-state index in [4.69, 9.17) is 23.1 Å². The van der Waals surface area contributed by atoms with Crippen LogP contribution in [0.15, 0.2) is 24.3 Å². The molecular weight excluding hydrogens is 382 g/mol. The van der Waals surface area contributed by atoms with E-state index in [0.29, 0.717) is 23.8 Å². The molecule has 0 bridgehead atoms. The van der Waals surface area contributed by atoms with Crippen molar-refractivity contribution < 1.29 is 4.79 Å². The van der Waals surface area contributed by atoms with Crippen molar-refractivity contribution in [3.63, 3.8) is 0 Å². The summed E-state index contributed by atoms with van der Waals surface area (Å²) in [5.74, 6) is 0.420. The molecule has 5 N–H and O–H groups in total. The Balaban J connectivity index is 2.20. The standard InChI is InChI=1S/C15H17BrClN5O/c16-8-12(23)20-7-1-2-11-13(14(18)22-15(19)21-11)9-3-5-10(17)6-4-9/h3-6H,1-2,7-8H2,(H,20,23)(H4,18,19,21,22). The molecule has 1 aromatic carbocycles. The molecule has 0 spiro atoms. The second-order valence-corrected chi connectivity index (χ2v) is 5.88. The first-order valence-electron chi connectivity index (χ1n) is 7.01. The summed E-state index contributed by atoms with van der Waals surface area (Å²) in [7, 11) is 0. The number of nitrogens with two attached hydrogens (primary N) is 2. The number of nitrogens with zero attached hydrogens (tertiary/aromatic N) is 2. The molecule has 1 heterocycles. The van der Waals surface area contributed by atoms with Crippen LogP contribution in [0.2, 0.25) is 5.02 Å². The van der Waals surface area contributed by atoms with E-state index < -0.39 is 0 Å². The van der Waals surface area contributed by atoms with E-state index in [1.54, 1.807) is 12.1 Å². The molecule has 0 aliphatic heterocycles. The van der Waals surface area contributed by atoms with Gasteiger partial charge in [0.05, 0.1) is 11.0 Å². The number of carbonyl (C=O) groups is 1. The molecule has 6 nitrogen and oxygen atoms in total. The average molecular weight is 399 g/mol. The highest BCUT2D eigenvalue weighted by Crippen LogP contribution is 2.29. The Labute approximate surface area is 147 Å². The Kier molecular flexibility index (Phi) is 6.18. The minimum absolute atomic E-state index is 0.0513. The number of hydrogen-bond donors (Lipinski definition) is 3. The van der Waals surface area contributed by atoms with Crippen molar-refractivity contribution in [3.8, 4) is 11.1 Å². The lowest BCUT2D eigenvalue weighted by atomic mass is 10.0. The van der Waals surface area contributed by atoms with E-state index >= 15 is 0 Å². The summed E-state index contributed by atoms with van der Waals surface area (Å²) in [4.78, 5) is 19.6. The summed E-state index contributed by atoms with van der Waals surface area (Å²) in [5.41, 5.74) is 14.1. The highest BCUT2D eigenvalue weighted by atomic mass is 79.9. The molecule has 0 saturated carbocycles. The Hall–Kier alpha value is -1.86. The zero-order chi connectivity index (χ0) is 16.8. The fraction of sp³-hybridized carbons (Fsp3) is 0.267. The number of halogens is 2. The van der Waals surface area contributed by atoms with Crippen LogP contribution < -0.4 is 16.8 Å². The molecule has 23 heavy (non-hydrogen) atoms. The van der Waals surface area contributed by atoms with Gasteiger partial charge in [0.25, 0.3) is 0 Å². The van der Waals surface area contributed by atoms with Crippen molar-refractivity contribution >= 4 is 45.2 Å². The quantitative estimate of drug-likeness (QED) is 0.511. The van der Waals surface area contributed by atoms with Crippen molar-refractivity contribution in [2.45, 2.75) is 12.8 Å². The van der Waals surface area contributed by atoms with Crippen LogP contribution in [0, 0.1) is 0 Å². The zero-order valence-corrected chi connectivity index (χ0v) is 14.7. The molecule has 0 aliphatic carbocycles. The maximum atomic E-state index is 11.2. The summed E-state index contributed by atoms with van der Waals surface area (Å²) >= 11 is 9.03. The van der Waals surface area contributed by atoms with E-state index in [9.17, 15) is 4.79 Å². The van der Waals surface area contributed by atoms with Crippen molar-refractivity contribution in [1.82, 2.24) is 15.3 Å². The van der Waals surface area contributed by atoms with Gasteiger partial charge in [0.15, 0.2) is 0 Å². The van der Waals surface area contributed by atoms with Crippen molar-refractivity contribution in [2.24, 2.45) is 0 Å². The number of aromatic nitrogens is 2. The number of anilines is 2. The monoisotopic (exact) mass is 397 g/mol. The van der Waals surface area contributed by atoms with Crippen LogP contribution in [0.1, 0.15) is 12.1 Å². The van der Waals surface area contributed by atoms with Crippen molar-refractivity contribution in [2.75, 3.05) is 23.3 Å². The summed E-state index contributed by atoms with van der Waals surface area (Å²) in [6, 6.07) is 7.30. The number of rotatable bonds is 6. The minimum atomic E-state index is -0.0513. The normalized spacial score (nSPS) is 10.5. The third-order valence-corrected chi connectivity index (χ3v) is 3.96. The lowest BCUT2D eigenvalue weighted by Gasteiger charge is -2.12. The first-order valence-corrected chi connectivity index (χ1v) is 8.51. The van der Waals surface area contributed by atoms with Crippen LogP contribution >= 0.6 is 27.5 Å². The van der Waals surface area contributed by atoms with Gasteiger partial charge >= 0.3 is 0 Å². The van der Waals surface area contributed by atoms with Gasteiger partial charge in [0, 0.05) is 17.1 Å². The lowest BCUT2D eigenvalue weighted by Crippen LogP contribution is -2.25. The molecule has 0 radical (unpaired) electrons. The highest BCUT2D eigenvalue weighted by molar-refractivity contribution is 9.09. The summed E-state index contributed by atoms with van der Waals surface area (Å²) in [5, 5.41) is 3.72. The molecule has 0 atom stereocenters. The third kappa shape index (κ3) is 4.80. The van der Waals surface area contributed by atoms with Gasteiger partial charge in [-0.15, -0.1) is 0 Å². The molecule has 2 aromatic rings. The first-order chi connectivity index (χ1) is 11.0. The second-order valence-electron chi connectivity index (χ2n) is 4.88. The second kappa shape index (κ2) is 8.12. The maximum Gasteiger partial charge on any atom is 0.230 e. The van der Waals surface area contributed by atoms with Crippen LogP contribution in [0.4, 0.5) is 11.8 Å². The first kappa shape index (κ1) is 17.5. The highest BCUT2D eigenvalue weighted by Gasteiger charge is 2.13. The molecule has 1 amide bonds. The van der Waals surface area contributed by atoms with Gasteiger partial charge in [-0.05, 0) is 30.5 Å². The fourth-order valence-electron chi connectivity index (χ4n) is 2.19. The van der Waals surface area contributed by atoms with Gasteiger partial charge in [0.2, 0.25) is 11.9 Å². The smallest absolute Gasteiger partial charge is 0.230 e. The average Bonchev–Trinajstić information content (AvgIpc) is 2.52. The van der Waals surface area contributed by atoms with Crippen LogP contribution in [0.25, 0.3) is 11.1 Å². The molecular formula is C15H17BrClN5O. The molecule has 2 rings (SSSR count). The van der Waals surface area contributed by atoms with Gasteiger partial charge in [0.1, 0.15) is 5.82 Å². The lowest BCUT2D eigenvalue weighted by molar-refractivity contribution is -0.118. The van der Waals surface area contributed by atoms with E-state index in [1.807, 2.05) is 12.1 Å². The van der Waals surface area contributed by atoms with Crippen LogP contribution in [-0.4, -0.2) is 27.7 Å². The molecule has 0 saturated heterocycles. The van der Waals surface area contributed by atoms with Gasteiger partial charge < -0.3 is 16.8 Å². The summed E-state index contributed by atoms with van der Waals surface area (Å²) < 4.78 is 0. The molecule has 0 aliphatic rings. The Morgan fingerprint density at radius 2 is 1.91 bits per heavy atom. The van der Waals surface area contributed by atoms with Crippen LogP contribution in [-0.2, 0) is 11.2 Å². The van der Waals surface area contributed by atoms with E-state index in [1.165, 1.54) is 0 Å². The Morgan fingerprint density at radius 1 is 1.22 bits per heavy atom. The number of nitrogens with one attached hydrogen (secondary N) is 1. The molecule has 122 valence electrons. The minimum Gasteiger partial charge on any atom is -0.383 e. The van der Waals surface area contributed by atoms with Gasteiger partial charge in [-0.2, -0.15) is 4.98 Å². The van der Waals surface area contributed by atoms with Gasteiger partial charge in [-0.25, -0.2) is 4.98 Å². The predicted octanol–water partition coefficient (Wildman–Crippen LogP) is 2.41. The number of alkyl halides is 1. The summed E-state index contributed by atoms with van der Waals surface area (Å²) in [6.45, 7) is 0.550. The number of hydrogen-bond acceptors (Lipinski definition) is 5. The van der Waals surface area contributed by atoms with Crippen LogP contribution in [0.3, 0.4) is 0 Å². The number of benzene rings is 1. The number of amides is 1. The Morgan fingerprint density at radius 3 is 2.57 bits per heavy atom. The largest absolute Gasteiger partial charge is 0.383 e. The molecule has 0 fully saturated rings. The van der Waals surface area contributed by atoms with E-state index in [-0.39, 0.29) is 17.2 Å². The topological polar surface area (TPSA) is 107 Å². The van der Waals surface area contributed by atoms with Gasteiger partial charge in [-0.1, -0.05) is 39.7 Å². The van der Waals surface area contributed by atoms with Gasteiger partial charge in [-0.3, -0.25) is 4.79 Å². The fourth-order valence-corrected chi connectivity index (χ4v) is 2.51. The molecule has 8 heteroatoms. The number of carbonyl (C=O) groups excluding carboxylic acids is 1. The SMILES string of the molecule is Nc1nc(N)c(-c2ccc(Cl)cc2)c(CCCNC(=O)CBr)n1. The Bertz CT molecular complexity index is 693. The van der Waals surface area contributed by atoms with Crippen molar-refractivity contribution in [1.29, 1.82) is 0 Å². The van der Waals surface area contributed by atoms with E-state index in [0.717, 1.165) is 23.2 Å². The zero-order valence-electron chi connectivity index (χ0n) is 12.4. The third-order valence-electron chi connectivity index (χ3n) is 3.20.